The average molecular weight is 764 g/mol. The molecule has 5 heteroatoms. The van der Waals surface area contributed by atoms with Crippen LogP contribution < -0.4 is 0 Å². The van der Waals surface area contributed by atoms with Gasteiger partial charge in [0, 0.05) is 60.4 Å². The van der Waals surface area contributed by atoms with Crippen LogP contribution in [0.1, 0.15) is 0 Å². The first-order valence-electron chi connectivity index (χ1n) is 20.4. The molecule has 278 valence electrons. The number of nitrogens with zero attached hydrogens (tertiary/aromatic N) is 5. The van der Waals surface area contributed by atoms with E-state index in [1.807, 2.05) is 60.7 Å². The van der Waals surface area contributed by atoms with Crippen LogP contribution in [0.3, 0.4) is 0 Å². The molecule has 5 nitrogen and oxygen atoms in total. The lowest BCUT2D eigenvalue weighted by atomic mass is 9.92. The van der Waals surface area contributed by atoms with Crippen molar-refractivity contribution in [3.05, 3.63) is 200 Å². The maximum atomic E-state index is 5.05. The summed E-state index contributed by atoms with van der Waals surface area (Å²) in [4.78, 5) is 15.0. The number of benzene rings is 9. The minimum atomic E-state index is 0.633. The van der Waals surface area contributed by atoms with E-state index in [0.29, 0.717) is 17.5 Å². The minimum Gasteiger partial charge on any atom is -0.309 e. The molecule has 0 aliphatic heterocycles. The number of fused-ring (bicyclic) bond motifs is 8. The zero-order valence-corrected chi connectivity index (χ0v) is 32.3. The van der Waals surface area contributed by atoms with Gasteiger partial charge >= 0.3 is 0 Å². The number of hydrogen-bond donors (Lipinski definition) is 0. The van der Waals surface area contributed by atoms with Gasteiger partial charge in [-0.15, -0.1) is 0 Å². The fourth-order valence-corrected chi connectivity index (χ4v) is 9.79. The van der Waals surface area contributed by atoms with Gasteiger partial charge in [0.1, 0.15) is 0 Å². The number of rotatable bonds is 5. The molecule has 0 saturated carbocycles. The molecule has 0 N–H and O–H groups in total. The third-order valence-corrected chi connectivity index (χ3v) is 12.3. The van der Waals surface area contributed by atoms with Crippen LogP contribution in [0.4, 0.5) is 0 Å². The third kappa shape index (κ3) is 4.66. The van der Waals surface area contributed by atoms with Crippen LogP contribution in [0.25, 0.3) is 122 Å². The summed E-state index contributed by atoms with van der Waals surface area (Å²) in [5, 5.41) is 7.55. The van der Waals surface area contributed by atoms with Crippen LogP contribution in [0.2, 0.25) is 0 Å². The first kappa shape index (κ1) is 32.9. The Hall–Kier alpha value is -8.15. The molecule has 0 fully saturated rings. The number of hydrogen-bond acceptors (Lipinski definition) is 3. The van der Waals surface area contributed by atoms with Crippen LogP contribution in [0, 0.1) is 0 Å². The summed E-state index contributed by atoms with van der Waals surface area (Å²) in [7, 11) is 0. The number of para-hydroxylation sites is 2. The highest BCUT2D eigenvalue weighted by atomic mass is 15.0. The summed E-state index contributed by atoms with van der Waals surface area (Å²) in [6, 6.07) is 71.4. The Labute approximate surface area is 345 Å². The zero-order valence-electron chi connectivity index (χ0n) is 32.3. The highest BCUT2D eigenvalue weighted by Gasteiger charge is 2.29. The smallest absolute Gasteiger partial charge is 0.164 e. The molecule has 0 amide bonds. The summed E-state index contributed by atoms with van der Waals surface area (Å²) in [5.41, 5.74) is 14.8. The van der Waals surface area contributed by atoms with Crippen molar-refractivity contribution < 1.29 is 0 Å². The van der Waals surface area contributed by atoms with Crippen molar-refractivity contribution in [2.45, 2.75) is 0 Å². The van der Waals surface area contributed by atoms with E-state index in [1.54, 1.807) is 0 Å². The second kappa shape index (κ2) is 12.7. The van der Waals surface area contributed by atoms with Crippen LogP contribution in [0.5, 0.6) is 0 Å². The molecular formula is C55H33N5. The van der Waals surface area contributed by atoms with Crippen molar-refractivity contribution in [2.24, 2.45) is 0 Å². The summed E-state index contributed by atoms with van der Waals surface area (Å²) >= 11 is 0. The van der Waals surface area contributed by atoms with Gasteiger partial charge in [-0.3, -0.25) is 0 Å². The summed E-state index contributed by atoms with van der Waals surface area (Å²) in [6.07, 6.45) is 0. The molecule has 0 spiro atoms. The lowest BCUT2D eigenvalue weighted by Crippen LogP contribution is -2.00. The van der Waals surface area contributed by atoms with Crippen molar-refractivity contribution in [3.8, 4) is 67.8 Å². The van der Waals surface area contributed by atoms with Gasteiger partial charge in [-0.05, 0) is 70.8 Å². The summed E-state index contributed by atoms with van der Waals surface area (Å²) in [5.74, 6) is 1.93. The molecule has 1 aliphatic carbocycles. The van der Waals surface area contributed by atoms with E-state index in [1.165, 1.54) is 76.6 Å². The fourth-order valence-electron chi connectivity index (χ4n) is 9.79. The lowest BCUT2D eigenvalue weighted by molar-refractivity contribution is 1.07. The molecule has 0 unspecified atom stereocenters. The molecule has 0 bridgehead atoms. The van der Waals surface area contributed by atoms with Gasteiger partial charge in [0.05, 0.1) is 22.1 Å². The van der Waals surface area contributed by atoms with Gasteiger partial charge < -0.3 is 9.13 Å². The van der Waals surface area contributed by atoms with Crippen molar-refractivity contribution in [2.75, 3.05) is 0 Å². The lowest BCUT2D eigenvalue weighted by Gasteiger charge is -2.16. The Morgan fingerprint density at radius 3 is 1.37 bits per heavy atom. The van der Waals surface area contributed by atoms with Gasteiger partial charge in [0.25, 0.3) is 0 Å². The van der Waals surface area contributed by atoms with Crippen molar-refractivity contribution in [3.63, 3.8) is 0 Å². The largest absolute Gasteiger partial charge is 0.309 e. The van der Waals surface area contributed by atoms with E-state index in [-0.39, 0.29) is 0 Å². The first-order chi connectivity index (χ1) is 29.8. The van der Waals surface area contributed by atoms with E-state index in [9.17, 15) is 0 Å². The standard InChI is InChI=1S/C55H33N5/c1-4-16-34(17-5-1)53-56-54(35-18-6-2-7-19-35)58-55(57-53)36-30-32-38(33-31-36)60-46-29-15-26-42-40-23-11-10-22-39(40)41-25-14-27-44-47(41)50(48(42)46)52(60)49-43-24-12-13-28-45(43)59(51(44)49)37-20-8-3-9-21-37/h1-33H. The molecule has 3 aromatic heterocycles. The van der Waals surface area contributed by atoms with E-state index in [4.69, 9.17) is 15.0 Å². The SMILES string of the molecule is c1ccc(-c2nc(-c3ccccc3)nc(-c3ccc(-n4c5cccc6c5c5c7c(cccc7c7c(c8ccccc8n7-c7ccccc7)c54)-c4ccccc4-6)cc3)n2)cc1. The topological polar surface area (TPSA) is 48.5 Å². The second-order valence-electron chi connectivity index (χ2n) is 15.5. The monoisotopic (exact) mass is 763 g/mol. The van der Waals surface area contributed by atoms with Gasteiger partial charge in [0.2, 0.25) is 0 Å². The van der Waals surface area contributed by atoms with Gasteiger partial charge in [-0.25, -0.2) is 15.0 Å². The molecular weight excluding hydrogens is 731 g/mol. The Balaban J connectivity index is 1.14. The Morgan fingerprint density at radius 1 is 0.267 bits per heavy atom. The van der Waals surface area contributed by atoms with E-state index in [0.717, 1.165) is 28.1 Å². The first-order valence-corrected chi connectivity index (χ1v) is 20.4. The van der Waals surface area contributed by atoms with Crippen molar-refractivity contribution >= 4 is 54.4 Å². The molecule has 3 heterocycles. The fraction of sp³-hybridized carbons (Fsp3) is 0. The molecule has 0 saturated heterocycles. The minimum absolute atomic E-state index is 0.633. The van der Waals surface area contributed by atoms with Crippen molar-refractivity contribution in [1.29, 1.82) is 0 Å². The summed E-state index contributed by atoms with van der Waals surface area (Å²) < 4.78 is 4.98. The number of aromatic nitrogens is 5. The predicted molar refractivity (Wildman–Crippen MR) is 247 cm³/mol. The van der Waals surface area contributed by atoms with Crippen LogP contribution in [0.15, 0.2) is 200 Å². The third-order valence-electron chi connectivity index (χ3n) is 12.3. The van der Waals surface area contributed by atoms with Crippen molar-refractivity contribution in [1.82, 2.24) is 24.1 Å². The highest BCUT2D eigenvalue weighted by molar-refractivity contribution is 6.40. The molecule has 1 aliphatic rings. The van der Waals surface area contributed by atoms with Crippen LogP contribution in [-0.4, -0.2) is 24.1 Å². The zero-order chi connectivity index (χ0) is 39.3. The average Bonchev–Trinajstić information content (AvgIpc) is 3.82. The molecule has 12 aromatic rings. The summed E-state index contributed by atoms with van der Waals surface area (Å²) in [6.45, 7) is 0. The quantitative estimate of drug-likeness (QED) is 0.175. The Bertz CT molecular complexity index is 3620. The van der Waals surface area contributed by atoms with Gasteiger partial charge in [-0.1, -0.05) is 152 Å². The highest BCUT2D eigenvalue weighted by Crippen LogP contribution is 2.53. The normalized spacial score (nSPS) is 12.0. The molecule has 0 atom stereocenters. The molecule has 13 rings (SSSR count). The molecule has 60 heavy (non-hydrogen) atoms. The van der Waals surface area contributed by atoms with Gasteiger partial charge in [-0.2, -0.15) is 0 Å². The Morgan fingerprint density at radius 2 is 0.717 bits per heavy atom. The predicted octanol–water partition coefficient (Wildman–Crippen LogP) is 13.9. The Kier molecular flexibility index (Phi) is 6.95. The maximum absolute atomic E-state index is 5.05. The second-order valence-corrected chi connectivity index (χ2v) is 15.5. The van der Waals surface area contributed by atoms with Crippen LogP contribution in [-0.2, 0) is 0 Å². The molecule has 0 radical (unpaired) electrons. The van der Waals surface area contributed by atoms with E-state index < -0.39 is 0 Å². The van der Waals surface area contributed by atoms with Crippen LogP contribution >= 0.6 is 0 Å². The van der Waals surface area contributed by atoms with E-state index >= 15 is 0 Å². The van der Waals surface area contributed by atoms with Gasteiger partial charge in [0.15, 0.2) is 17.5 Å². The molecule has 9 aromatic carbocycles. The van der Waals surface area contributed by atoms with E-state index in [2.05, 4.69) is 149 Å². The maximum Gasteiger partial charge on any atom is 0.164 e.